The van der Waals surface area contributed by atoms with Crippen LogP contribution in [0.25, 0.3) is 10.9 Å². The molecule has 0 fully saturated rings. The fourth-order valence-electron chi connectivity index (χ4n) is 2.20. The molecule has 0 radical (unpaired) electrons. The first-order valence-corrected chi connectivity index (χ1v) is 8.00. The van der Waals surface area contributed by atoms with Gasteiger partial charge in [-0.05, 0) is 24.3 Å². The summed E-state index contributed by atoms with van der Waals surface area (Å²) in [6.45, 7) is 0. The number of hydrogen-bond acceptors (Lipinski definition) is 4. The molecule has 1 amide bonds. The molecule has 3 rings (SSSR count). The van der Waals surface area contributed by atoms with Crippen molar-refractivity contribution in [2.24, 2.45) is 0 Å². The van der Waals surface area contributed by atoms with Crippen molar-refractivity contribution >= 4 is 32.8 Å². The van der Waals surface area contributed by atoms with E-state index in [0.717, 1.165) is 0 Å². The van der Waals surface area contributed by atoms with Crippen molar-refractivity contribution < 1.29 is 13.2 Å². The van der Waals surface area contributed by atoms with Gasteiger partial charge in [0.25, 0.3) is 0 Å². The van der Waals surface area contributed by atoms with Crippen molar-refractivity contribution in [1.29, 1.82) is 0 Å². The molecule has 1 aromatic heterocycles. The fourth-order valence-corrected chi connectivity index (χ4v) is 3.46. The van der Waals surface area contributed by atoms with E-state index < -0.39 is 9.84 Å². The second kappa shape index (κ2) is 5.57. The number of anilines is 1. The second-order valence-electron chi connectivity index (χ2n) is 4.63. The maximum Gasteiger partial charge on any atom is 0.211 e. The number of carbonyl (C=O) groups excluding carboxylic acids is 1. The summed E-state index contributed by atoms with van der Waals surface area (Å²) >= 11 is 0. The van der Waals surface area contributed by atoms with Gasteiger partial charge >= 0.3 is 0 Å². The van der Waals surface area contributed by atoms with Crippen molar-refractivity contribution in [3.8, 4) is 0 Å². The van der Waals surface area contributed by atoms with E-state index in [4.69, 9.17) is 0 Å². The van der Waals surface area contributed by atoms with Crippen molar-refractivity contribution in [3.63, 3.8) is 0 Å². The Balaban J connectivity index is 2.16. The van der Waals surface area contributed by atoms with Gasteiger partial charge in [0.1, 0.15) is 0 Å². The van der Waals surface area contributed by atoms with Crippen LogP contribution in [0.2, 0.25) is 0 Å². The van der Waals surface area contributed by atoms with Crippen LogP contribution in [0.1, 0.15) is 0 Å². The molecule has 0 spiro atoms. The molecule has 0 saturated carbocycles. The van der Waals surface area contributed by atoms with Crippen LogP contribution in [0, 0.1) is 0 Å². The Morgan fingerprint density at radius 3 is 2.45 bits per heavy atom. The van der Waals surface area contributed by atoms with E-state index >= 15 is 0 Å². The van der Waals surface area contributed by atoms with Gasteiger partial charge in [0.2, 0.25) is 16.2 Å². The predicted octanol–water partition coefficient (Wildman–Crippen LogP) is 2.64. The summed E-state index contributed by atoms with van der Waals surface area (Å²) in [7, 11) is -3.61. The first-order valence-electron chi connectivity index (χ1n) is 6.52. The summed E-state index contributed by atoms with van der Waals surface area (Å²) in [6, 6.07) is 14.9. The van der Waals surface area contributed by atoms with Crippen LogP contribution in [-0.2, 0) is 14.6 Å². The Bertz CT molecular complexity index is 938. The first kappa shape index (κ1) is 14.2. The molecule has 5 nitrogen and oxygen atoms in total. The van der Waals surface area contributed by atoms with E-state index in [-0.39, 0.29) is 9.79 Å². The average Bonchev–Trinajstić information content (AvgIpc) is 2.56. The smallest absolute Gasteiger partial charge is 0.211 e. The summed E-state index contributed by atoms with van der Waals surface area (Å²) in [5.41, 5.74) is 1.08. The highest BCUT2D eigenvalue weighted by Crippen LogP contribution is 2.26. The summed E-state index contributed by atoms with van der Waals surface area (Å²) in [4.78, 5) is 15.1. The number of para-hydroxylation sites is 1. The summed E-state index contributed by atoms with van der Waals surface area (Å²) in [5, 5.41) is 3.19. The minimum atomic E-state index is -3.61. The number of aromatic nitrogens is 1. The molecule has 22 heavy (non-hydrogen) atoms. The van der Waals surface area contributed by atoms with E-state index in [1.165, 1.54) is 6.20 Å². The molecule has 0 atom stereocenters. The Morgan fingerprint density at radius 2 is 1.73 bits per heavy atom. The van der Waals surface area contributed by atoms with Gasteiger partial charge in [0.15, 0.2) is 0 Å². The number of benzene rings is 2. The lowest BCUT2D eigenvalue weighted by Crippen LogP contribution is -2.03. The third-order valence-electron chi connectivity index (χ3n) is 3.26. The van der Waals surface area contributed by atoms with Crippen LogP contribution in [0.15, 0.2) is 70.6 Å². The van der Waals surface area contributed by atoms with Gasteiger partial charge in [-0.25, -0.2) is 8.42 Å². The number of carbonyl (C=O) groups is 1. The van der Waals surface area contributed by atoms with E-state index in [2.05, 4.69) is 10.3 Å². The van der Waals surface area contributed by atoms with Gasteiger partial charge in [-0.3, -0.25) is 9.78 Å². The number of amides is 1. The zero-order chi connectivity index (χ0) is 15.6. The Kier molecular flexibility index (Phi) is 3.60. The molecule has 2 aromatic carbocycles. The fraction of sp³-hybridized carbons (Fsp3) is 0. The lowest BCUT2D eigenvalue weighted by atomic mass is 10.2. The molecule has 0 unspecified atom stereocenters. The monoisotopic (exact) mass is 312 g/mol. The Morgan fingerprint density at radius 1 is 0.955 bits per heavy atom. The van der Waals surface area contributed by atoms with E-state index in [1.54, 1.807) is 54.6 Å². The zero-order valence-electron chi connectivity index (χ0n) is 11.4. The highest BCUT2D eigenvalue weighted by Gasteiger charge is 2.18. The molecule has 1 heterocycles. The van der Waals surface area contributed by atoms with Crippen molar-refractivity contribution in [3.05, 3.63) is 60.8 Å². The van der Waals surface area contributed by atoms with Crippen molar-refractivity contribution in [2.75, 3.05) is 5.32 Å². The van der Waals surface area contributed by atoms with Crippen molar-refractivity contribution in [2.45, 2.75) is 9.79 Å². The summed E-state index contributed by atoms with van der Waals surface area (Å²) < 4.78 is 25.2. The minimum Gasteiger partial charge on any atom is -0.327 e. The lowest BCUT2D eigenvalue weighted by molar-refractivity contribution is -0.105. The molecule has 6 heteroatoms. The third-order valence-corrected chi connectivity index (χ3v) is 5.00. The van der Waals surface area contributed by atoms with Gasteiger partial charge in [0.05, 0.1) is 21.0 Å². The molecule has 0 saturated heterocycles. The molecule has 0 aliphatic rings. The van der Waals surface area contributed by atoms with Crippen LogP contribution in [0.3, 0.4) is 0 Å². The number of hydrogen-bond donors (Lipinski definition) is 1. The van der Waals surface area contributed by atoms with Gasteiger partial charge in [-0.2, -0.15) is 0 Å². The Hall–Kier alpha value is -2.73. The standard InChI is InChI=1S/C16H12N2O3S/c19-11-18-15-8-4-5-12-9-14(10-17-16(12)15)22(20,21)13-6-2-1-3-7-13/h1-11H,(H,18,19). The quantitative estimate of drug-likeness (QED) is 0.751. The molecular weight excluding hydrogens is 300 g/mol. The highest BCUT2D eigenvalue weighted by molar-refractivity contribution is 7.91. The van der Waals surface area contributed by atoms with Crippen LogP contribution in [0.4, 0.5) is 5.69 Å². The van der Waals surface area contributed by atoms with Gasteiger partial charge in [0, 0.05) is 11.6 Å². The minimum absolute atomic E-state index is 0.120. The molecule has 0 aliphatic carbocycles. The molecule has 110 valence electrons. The maximum absolute atomic E-state index is 12.6. The number of nitrogens with one attached hydrogen (secondary N) is 1. The summed E-state index contributed by atoms with van der Waals surface area (Å²) in [6.07, 6.45) is 1.87. The lowest BCUT2D eigenvalue weighted by Gasteiger charge is -2.07. The van der Waals surface area contributed by atoms with E-state index in [0.29, 0.717) is 23.0 Å². The van der Waals surface area contributed by atoms with Crippen LogP contribution in [-0.4, -0.2) is 19.8 Å². The topological polar surface area (TPSA) is 76.1 Å². The average molecular weight is 312 g/mol. The zero-order valence-corrected chi connectivity index (χ0v) is 12.2. The Labute approximate surface area is 127 Å². The molecule has 3 aromatic rings. The maximum atomic E-state index is 12.6. The number of fused-ring (bicyclic) bond motifs is 1. The van der Waals surface area contributed by atoms with E-state index in [1.807, 2.05) is 0 Å². The molecular formula is C16H12N2O3S. The van der Waals surface area contributed by atoms with Crippen LogP contribution in [0.5, 0.6) is 0 Å². The van der Waals surface area contributed by atoms with Gasteiger partial charge in [-0.15, -0.1) is 0 Å². The normalized spacial score (nSPS) is 11.3. The van der Waals surface area contributed by atoms with Crippen LogP contribution < -0.4 is 5.32 Å². The molecule has 1 N–H and O–H groups in total. The van der Waals surface area contributed by atoms with E-state index in [9.17, 15) is 13.2 Å². The van der Waals surface area contributed by atoms with Gasteiger partial charge in [-0.1, -0.05) is 30.3 Å². The highest BCUT2D eigenvalue weighted by atomic mass is 32.2. The van der Waals surface area contributed by atoms with Crippen LogP contribution >= 0.6 is 0 Å². The largest absolute Gasteiger partial charge is 0.327 e. The SMILES string of the molecule is O=CNc1cccc2cc(S(=O)(=O)c3ccccc3)cnc12. The second-order valence-corrected chi connectivity index (χ2v) is 6.58. The number of sulfone groups is 1. The van der Waals surface area contributed by atoms with Gasteiger partial charge < -0.3 is 5.32 Å². The summed E-state index contributed by atoms with van der Waals surface area (Å²) in [5.74, 6) is 0. The molecule has 0 bridgehead atoms. The van der Waals surface area contributed by atoms with Crippen molar-refractivity contribution in [1.82, 2.24) is 4.98 Å². The third kappa shape index (κ3) is 2.44. The number of rotatable bonds is 4. The first-order chi connectivity index (χ1) is 10.6. The number of nitrogens with zero attached hydrogens (tertiary/aromatic N) is 1. The predicted molar refractivity (Wildman–Crippen MR) is 83.3 cm³/mol. The molecule has 0 aliphatic heterocycles. The number of pyridine rings is 1.